The average Bonchev–Trinajstić information content (AvgIpc) is 3.24. The fourth-order valence-electron chi connectivity index (χ4n) is 2.54. The van der Waals surface area contributed by atoms with Crippen LogP contribution in [0.25, 0.3) is 0 Å². The van der Waals surface area contributed by atoms with E-state index in [4.69, 9.17) is 20.8 Å². The molecule has 2 amide bonds. The van der Waals surface area contributed by atoms with E-state index in [0.29, 0.717) is 0 Å². The SMILES string of the molecule is CC(C)(O/N=C(\C(=O)N[C@@H]1C(=O)N2CC(C(=O)O)S[C@H]12)c1csc(N)n1)C(=O)O. The third kappa shape index (κ3) is 3.98. The summed E-state index contributed by atoms with van der Waals surface area (Å²) in [6, 6.07) is -0.939. The number of carboxylic acids is 2. The first-order chi connectivity index (χ1) is 13.5. The van der Waals surface area contributed by atoms with Crippen molar-refractivity contribution in [1.29, 1.82) is 0 Å². The van der Waals surface area contributed by atoms with Crippen molar-refractivity contribution in [3.8, 4) is 0 Å². The monoisotopic (exact) mass is 443 g/mol. The van der Waals surface area contributed by atoms with Crippen LogP contribution in [-0.4, -0.2) is 78.4 Å². The number of carbonyl (C=O) groups is 4. The van der Waals surface area contributed by atoms with Gasteiger partial charge in [-0.3, -0.25) is 14.4 Å². The molecule has 1 aromatic heterocycles. The number of nitrogens with zero attached hydrogens (tertiary/aromatic N) is 3. The van der Waals surface area contributed by atoms with Gasteiger partial charge in [0.15, 0.2) is 10.8 Å². The molecular formula is C15H17N5O7S2. The lowest BCUT2D eigenvalue weighted by Gasteiger charge is -2.41. The number of β-lactam (4-membered cyclic amide) rings is 1. The first kappa shape index (κ1) is 20.9. The fraction of sp³-hybridized carbons (Fsp3) is 0.467. The van der Waals surface area contributed by atoms with Gasteiger partial charge in [0.1, 0.15) is 22.4 Å². The van der Waals surface area contributed by atoms with Gasteiger partial charge in [-0.2, -0.15) is 0 Å². The zero-order valence-corrected chi connectivity index (χ0v) is 16.8. The summed E-state index contributed by atoms with van der Waals surface area (Å²) in [5.41, 5.74) is 3.57. The van der Waals surface area contributed by atoms with Crippen molar-refractivity contribution in [3.63, 3.8) is 0 Å². The standard InChI is InChI=1S/C15H17N5O7S2/c1-15(2,13(25)26)27-19-7(5-4-28-14(16)17-5)9(21)18-8-10(22)20-3-6(12(23)24)29-11(8)20/h4,6,8,11H,3H2,1-2H3,(H2,16,17)(H,18,21)(H,23,24)(H,25,26)/b19-7-/t6?,8-,11-/m1/s1. The van der Waals surface area contributed by atoms with Crippen LogP contribution in [0, 0.1) is 0 Å². The molecule has 0 aliphatic carbocycles. The molecule has 1 aromatic rings. The third-order valence-electron chi connectivity index (χ3n) is 4.23. The molecule has 0 radical (unpaired) electrons. The van der Waals surface area contributed by atoms with Gasteiger partial charge in [-0.1, -0.05) is 5.16 Å². The Labute approximate surface area is 172 Å². The smallest absolute Gasteiger partial charge is 0.350 e. The molecule has 156 valence electrons. The summed E-state index contributed by atoms with van der Waals surface area (Å²) in [6.07, 6.45) is 0. The van der Waals surface area contributed by atoms with Crippen molar-refractivity contribution in [2.75, 3.05) is 12.3 Å². The maximum atomic E-state index is 12.8. The van der Waals surface area contributed by atoms with Crippen LogP contribution in [0.4, 0.5) is 5.13 Å². The maximum Gasteiger partial charge on any atom is 0.350 e. The highest BCUT2D eigenvalue weighted by Crippen LogP contribution is 2.40. The molecule has 29 heavy (non-hydrogen) atoms. The second kappa shape index (κ2) is 7.51. The van der Waals surface area contributed by atoms with Gasteiger partial charge in [0, 0.05) is 11.9 Å². The second-order valence-corrected chi connectivity index (χ2v) is 8.93. The summed E-state index contributed by atoms with van der Waals surface area (Å²) in [5, 5.41) is 24.7. The zero-order chi connectivity index (χ0) is 21.5. The van der Waals surface area contributed by atoms with Gasteiger partial charge >= 0.3 is 11.9 Å². The molecule has 0 aromatic carbocycles. The van der Waals surface area contributed by atoms with E-state index in [1.165, 1.54) is 24.1 Å². The van der Waals surface area contributed by atoms with Gasteiger partial charge in [0.2, 0.25) is 11.5 Å². The number of hydrogen-bond donors (Lipinski definition) is 4. The number of hydrogen-bond acceptors (Lipinski definition) is 10. The Morgan fingerprint density at radius 3 is 2.66 bits per heavy atom. The molecule has 2 fully saturated rings. The van der Waals surface area contributed by atoms with Crippen LogP contribution in [0.2, 0.25) is 0 Å². The topological polar surface area (TPSA) is 185 Å². The minimum atomic E-state index is -1.72. The first-order valence-corrected chi connectivity index (χ1v) is 10.0. The molecule has 0 saturated carbocycles. The number of aromatic nitrogens is 1. The van der Waals surface area contributed by atoms with Gasteiger partial charge in [-0.15, -0.1) is 23.1 Å². The highest BCUT2D eigenvalue weighted by molar-refractivity contribution is 8.01. The predicted octanol–water partition coefficient (Wildman–Crippen LogP) is -0.838. The molecule has 0 spiro atoms. The van der Waals surface area contributed by atoms with E-state index in [-0.39, 0.29) is 23.1 Å². The Morgan fingerprint density at radius 1 is 1.41 bits per heavy atom. The number of rotatable bonds is 7. The Hall–Kier alpha value is -2.87. The molecule has 1 unspecified atom stereocenters. The minimum Gasteiger partial charge on any atom is -0.480 e. The number of nitrogens with one attached hydrogen (secondary N) is 1. The Balaban J connectivity index is 1.78. The molecule has 2 saturated heterocycles. The summed E-state index contributed by atoms with van der Waals surface area (Å²) in [7, 11) is 0. The molecule has 3 atom stereocenters. The average molecular weight is 443 g/mol. The third-order valence-corrected chi connectivity index (χ3v) is 6.39. The van der Waals surface area contributed by atoms with E-state index < -0.39 is 46.0 Å². The highest BCUT2D eigenvalue weighted by Gasteiger charge is 2.55. The minimum absolute atomic E-state index is 0.0531. The molecule has 3 rings (SSSR count). The van der Waals surface area contributed by atoms with Gasteiger partial charge in [-0.25, -0.2) is 9.78 Å². The molecule has 0 bridgehead atoms. The lowest BCUT2D eigenvalue weighted by Crippen LogP contribution is -2.67. The van der Waals surface area contributed by atoms with Crippen LogP contribution in [-0.2, 0) is 24.0 Å². The van der Waals surface area contributed by atoms with Crippen LogP contribution in [0.3, 0.4) is 0 Å². The zero-order valence-electron chi connectivity index (χ0n) is 15.2. The van der Waals surface area contributed by atoms with E-state index in [0.717, 1.165) is 23.1 Å². The number of nitrogens with two attached hydrogens (primary N) is 1. The number of nitrogen functional groups attached to an aromatic ring is 1. The van der Waals surface area contributed by atoms with Gasteiger partial charge in [0.25, 0.3) is 5.91 Å². The van der Waals surface area contributed by atoms with E-state index in [2.05, 4.69) is 15.5 Å². The highest BCUT2D eigenvalue weighted by atomic mass is 32.2. The Bertz CT molecular complexity index is 915. The van der Waals surface area contributed by atoms with Crippen LogP contribution in [0.1, 0.15) is 19.5 Å². The number of thioether (sulfide) groups is 1. The molecular weight excluding hydrogens is 426 g/mol. The molecule has 14 heteroatoms. The van der Waals surface area contributed by atoms with E-state index in [9.17, 15) is 19.2 Å². The normalized spacial score (nSPS) is 23.9. The van der Waals surface area contributed by atoms with Crippen molar-refractivity contribution in [2.45, 2.75) is 36.1 Å². The number of thiazole rings is 1. The lowest BCUT2D eigenvalue weighted by molar-refractivity contribution is -0.161. The van der Waals surface area contributed by atoms with Crippen LogP contribution < -0.4 is 11.1 Å². The molecule has 5 N–H and O–H groups in total. The van der Waals surface area contributed by atoms with Crippen molar-refractivity contribution in [2.24, 2.45) is 5.16 Å². The lowest BCUT2D eigenvalue weighted by atomic mass is 10.1. The van der Waals surface area contributed by atoms with Crippen LogP contribution >= 0.6 is 23.1 Å². The van der Waals surface area contributed by atoms with Gasteiger partial charge in [0.05, 0.1) is 0 Å². The number of amides is 2. The van der Waals surface area contributed by atoms with Crippen molar-refractivity contribution in [3.05, 3.63) is 11.1 Å². The maximum absolute atomic E-state index is 12.8. The summed E-state index contributed by atoms with van der Waals surface area (Å²) in [5.74, 6) is -3.57. The molecule has 3 heterocycles. The number of carboxylic acid groups (broad SMARTS) is 2. The number of fused-ring (bicyclic) bond motifs is 1. The number of oxime groups is 1. The second-order valence-electron chi connectivity index (χ2n) is 6.71. The molecule has 2 aliphatic rings. The van der Waals surface area contributed by atoms with Crippen molar-refractivity contribution < 1.29 is 34.2 Å². The largest absolute Gasteiger partial charge is 0.480 e. The number of anilines is 1. The summed E-state index contributed by atoms with van der Waals surface area (Å²) >= 11 is 2.10. The first-order valence-electron chi connectivity index (χ1n) is 8.22. The summed E-state index contributed by atoms with van der Waals surface area (Å²) in [4.78, 5) is 57.7. The summed E-state index contributed by atoms with van der Waals surface area (Å²) in [6.45, 7) is 2.56. The van der Waals surface area contributed by atoms with Gasteiger partial charge in [-0.05, 0) is 13.8 Å². The van der Waals surface area contributed by atoms with Crippen molar-refractivity contribution in [1.82, 2.24) is 15.2 Å². The number of carbonyl (C=O) groups excluding carboxylic acids is 2. The van der Waals surface area contributed by atoms with Crippen LogP contribution in [0.15, 0.2) is 10.5 Å². The molecule has 2 aliphatic heterocycles. The fourth-order valence-corrected chi connectivity index (χ4v) is 4.46. The summed E-state index contributed by atoms with van der Waals surface area (Å²) < 4.78 is 0. The molecule has 12 nitrogen and oxygen atoms in total. The van der Waals surface area contributed by atoms with Crippen LogP contribution in [0.5, 0.6) is 0 Å². The van der Waals surface area contributed by atoms with Crippen molar-refractivity contribution >= 4 is 57.7 Å². The number of aliphatic carboxylic acids is 2. The quantitative estimate of drug-likeness (QED) is 0.235. The Kier molecular flexibility index (Phi) is 5.40. The van der Waals surface area contributed by atoms with E-state index in [1.54, 1.807) is 0 Å². The predicted molar refractivity (Wildman–Crippen MR) is 102 cm³/mol. The van der Waals surface area contributed by atoms with E-state index >= 15 is 0 Å². The van der Waals surface area contributed by atoms with Gasteiger partial charge < -0.3 is 31.0 Å². The Morgan fingerprint density at radius 2 is 2.10 bits per heavy atom. The van der Waals surface area contributed by atoms with E-state index in [1.807, 2.05) is 0 Å².